The molecule has 0 fully saturated rings. The van der Waals surface area contributed by atoms with Crippen LogP contribution in [-0.2, 0) is 22.3 Å². The van der Waals surface area contributed by atoms with E-state index in [1.807, 2.05) is 38.1 Å². The number of sulfonamides is 1. The van der Waals surface area contributed by atoms with E-state index in [1.165, 1.54) is 0 Å². The van der Waals surface area contributed by atoms with Crippen LogP contribution in [-0.4, -0.2) is 21.0 Å². The highest BCUT2D eigenvalue weighted by Crippen LogP contribution is 2.08. The van der Waals surface area contributed by atoms with Gasteiger partial charge in [0.05, 0.1) is 5.75 Å². The Morgan fingerprint density at radius 3 is 2.05 bits per heavy atom. The topological polar surface area (TPSA) is 58.2 Å². The molecular weight excluding hydrogens is 272 g/mol. The highest BCUT2D eigenvalue weighted by molar-refractivity contribution is 7.88. The molecule has 0 spiro atoms. The van der Waals surface area contributed by atoms with E-state index in [4.69, 9.17) is 0 Å². The maximum atomic E-state index is 11.9. The average molecular weight is 298 g/mol. The van der Waals surface area contributed by atoms with Crippen molar-refractivity contribution < 1.29 is 8.42 Å². The quantitative estimate of drug-likeness (QED) is 0.774. The van der Waals surface area contributed by atoms with Gasteiger partial charge in [0.1, 0.15) is 0 Å². The van der Waals surface area contributed by atoms with E-state index < -0.39 is 10.0 Å². The molecule has 0 aliphatic heterocycles. The smallest absolute Gasteiger partial charge is 0.215 e. The number of hydrogen-bond donors (Lipinski definition) is 2. The highest BCUT2D eigenvalue weighted by atomic mass is 32.2. The summed E-state index contributed by atoms with van der Waals surface area (Å²) in [5.74, 6) is 0.353. The molecule has 114 valence electrons. The minimum Gasteiger partial charge on any atom is -0.310 e. The van der Waals surface area contributed by atoms with Gasteiger partial charge in [-0.3, -0.25) is 0 Å². The lowest BCUT2D eigenvalue weighted by molar-refractivity contribution is 0.559. The molecule has 0 heterocycles. The fourth-order valence-corrected chi connectivity index (χ4v) is 2.96. The number of benzene rings is 1. The lowest BCUT2D eigenvalue weighted by Crippen LogP contribution is -2.28. The summed E-state index contributed by atoms with van der Waals surface area (Å²) in [6, 6.07) is 8.15. The molecule has 1 aromatic carbocycles. The van der Waals surface area contributed by atoms with Gasteiger partial charge in [-0.2, -0.15) is 0 Å². The van der Waals surface area contributed by atoms with Crippen LogP contribution < -0.4 is 10.0 Å². The Morgan fingerprint density at radius 1 is 1.00 bits per heavy atom. The lowest BCUT2D eigenvalue weighted by Gasteiger charge is -2.10. The van der Waals surface area contributed by atoms with E-state index in [0.29, 0.717) is 18.5 Å². The van der Waals surface area contributed by atoms with Crippen molar-refractivity contribution in [2.24, 2.45) is 5.92 Å². The van der Waals surface area contributed by atoms with Crippen molar-refractivity contribution in [1.82, 2.24) is 10.0 Å². The van der Waals surface area contributed by atoms with Crippen molar-refractivity contribution in [3.05, 3.63) is 35.4 Å². The van der Waals surface area contributed by atoms with Crippen molar-refractivity contribution in [3.63, 3.8) is 0 Å². The zero-order chi connectivity index (χ0) is 15.2. The zero-order valence-corrected chi connectivity index (χ0v) is 13.6. The Morgan fingerprint density at radius 2 is 1.55 bits per heavy atom. The summed E-state index contributed by atoms with van der Waals surface area (Å²) in [6.07, 6.45) is 0. The van der Waals surface area contributed by atoms with Gasteiger partial charge >= 0.3 is 0 Å². The summed E-state index contributed by atoms with van der Waals surface area (Å²) in [6.45, 7) is 9.45. The van der Waals surface area contributed by atoms with E-state index in [1.54, 1.807) is 0 Å². The molecule has 0 aromatic heterocycles. The van der Waals surface area contributed by atoms with Gasteiger partial charge in [-0.25, -0.2) is 13.1 Å². The van der Waals surface area contributed by atoms with Crippen LogP contribution >= 0.6 is 0 Å². The molecule has 2 N–H and O–H groups in total. The van der Waals surface area contributed by atoms with Crippen LogP contribution in [0.1, 0.15) is 38.8 Å². The molecule has 0 bridgehead atoms. The van der Waals surface area contributed by atoms with E-state index in [9.17, 15) is 8.42 Å². The summed E-state index contributed by atoms with van der Waals surface area (Å²) in [5, 5.41) is 3.33. The molecule has 0 radical (unpaired) electrons. The summed E-state index contributed by atoms with van der Waals surface area (Å²) >= 11 is 0. The monoisotopic (exact) mass is 298 g/mol. The van der Waals surface area contributed by atoms with Gasteiger partial charge in [0.2, 0.25) is 10.0 Å². The predicted molar refractivity (Wildman–Crippen MR) is 83.9 cm³/mol. The average Bonchev–Trinajstić information content (AvgIpc) is 2.35. The van der Waals surface area contributed by atoms with Gasteiger partial charge in [0.25, 0.3) is 0 Å². The van der Waals surface area contributed by atoms with Crippen LogP contribution in [0.25, 0.3) is 0 Å². The van der Waals surface area contributed by atoms with Gasteiger partial charge in [0.15, 0.2) is 0 Å². The predicted octanol–water partition coefficient (Wildman–Crippen LogP) is 2.26. The molecule has 0 amide bonds. The third-order valence-corrected chi connectivity index (χ3v) is 4.13. The number of nitrogens with one attached hydrogen (secondary N) is 2. The van der Waals surface area contributed by atoms with E-state index in [0.717, 1.165) is 17.7 Å². The largest absolute Gasteiger partial charge is 0.310 e. The summed E-state index contributed by atoms with van der Waals surface area (Å²) in [5.41, 5.74) is 1.98. The first-order chi connectivity index (χ1) is 9.28. The first-order valence-corrected chi connectivity index (χ1v) is 8.72. The number of hydrogen-bond acceptors (Lipinski definition) is 3. The maximum Gasteiger partial charge on any atom is 0.215 e. The third-order valence-electron chi connectivity index (χ3n) is 2.81. The second kappa shape index (κ2) is 7.76. The molecular formula is C15H26N2O2S. The second-order valence-corrected chi connectivity index (χ2v) is 7.66. The molecule has 0 aliphatic carbocycles. The molecule has 0 saturated heterocycles. The Kier molecular flexibility index (Phi) is 6.65. The van der Waals surface area contributed by atoms with Gasteiger partial charge in [-0.05, 0) is 17.0 Å². The minimum atomic E-state index is -3.23. The molecule has 0 saturated carbocycles. The van der Waals surface area contributed by atoms with Crippen LogP contribution in [0.3, 0.4) is 0 Å². The van der Waals surface area contributed by atoms with Crippen LogP contribution in [0.15, 0.2) is 24.3 Å². The van der Waals surface area contributed by atoms with E-state index in [-0.39, 0.29) is 5.75 Å². The van der Waals surface area contributed by atoms with Crippen LogP contribution in [0.4, 0.5) is 0 Å². The zero-order valence-electron chi connectivity index (χ0n) is 12.8. The first kappa shape index (κ1) is 17.1. The number of rotatable bonds is 8. The van der Waals surface area contributed by atoms with Gasteiger partial charge in [-0.1, -0.05) is 52.0 Å². The molecule has 0 atom stereocenters. The fourth-order valence-electron chi connectivity index (χ4n) is 1.64. The Balaban J connectivity index is 2.56. The molecule has 1 aromatic rings. The molecule has 20 heavy (non-hydrogen) atoms. The Bertz CT molecular complexity index is 493. The van der Waals surface area contributed by atoms with Crippen molar-refractivity contribution in [1.29, 1.82) is 0 Å². The van der Waals surface area contributed by atoms with Crippen molar-refractivity contribution >= 4 is 10.0 Å². The molecule has 4 nitrogen and oxygen atoms in total. The lowest BCUT2D eigenvalue weighted by atomic mass is 10.1. The highest BCUT2D eigenvalue weighted by Gasteiger charge is 2.11. The summed E-state index contributed by atoms with van der Waals surface area (Å²) in [7, 11) is -3.23. The maximum absolute atomic E-state index is 11.9. The first-order valence-electron chi connectivity index (χ1n) is 7.07. The molecule has 1 rings (SSSR count). The van der Waals surface area contributed by atoms with Crippen LogP contribution in [0.5, 0.6) is 0 Å². The normalized spacial score (nSPS) is 12.3. The van der Waals surface area contributed by atoms with Gasteiger partial charge < -0.3 is 5.32 Å². The van der Waals surface area contributed by atoms with Crippen LogP contribution in [0.2, 0.25) is 0 Å². The molecule has 0 aliphatic rings. The minimum absolute atomic E-state index is 0.0393. The van der Waals surface area contributed by atoms with Crippen molar-refractivity contribution in [2.75, 3.05) is 6.54 Å². The van der Waals surface area contributed by atoms with Gasteiger partial charge in [-0.15, -0.1) is 0 Å². The SMILES string of the molecule is CC(C)CNS(=O)(=O)Cc1ccc(CNC(C)C)cc1. The van der Waals surface area contributed by atoms with E-state index in [2.05, 4.69) is 23.9 Å². The summed E-state index contributed by atoms with van der Waals surface area (Å²) < 4.78 is 26.4. The molecule has 5 heteroatoms. The Hall–Kier alpha value is -0.910. The summed E-state index contributed by atoms with van der Waals surface area (Å²) in [4.78, 5) is 0. The van der Waals surface area contributed by atoms with Crippen molar-refractivity contribution in [2.45, 2.75) is 46.0 Å². The van der Waals surface area contributed by atoms with E-state index >= 15 is 0 Å². The molecule has 0 unspecified atom stereocenters. The van der Waals surface area contributed by atoms with Gasteiger partial charge in [0, 0.05) is 19.1 Å². The van der Waals surface area contributed by atoms with Crippen LogP contribution in [0, 0.1) is 5.92 Å². The fraction of sp³-hybridized carbons (Fsp3) is 0.600. The van der Waals surface area contributed by atoms with Crippen molar-refractivity contribution in [3.8, 4) is 0 Å². The Labute approximate surface area is 123 Å². The second-order valence-electron chi connectivity index (χ2n) is 5.85. The third kappa shape index (κ3) is 7.03. The standard InChI is InChI=1S/C15H26N2O2S/c1-12(2)9-17-20(18,19)11-15-7-5-14(6-8-15)10-16-13(3)4/h5-8,12-13,16-17H,9-11H2,1-4H3.